The fourth-order valence-electron chi connectivity index (χ4n) is 0.430. The minimum Gasteiger partial charge on any atom is -0.307 e. The average molecular weight is 181 g/mol. The zero-order valence-electron chi connectivity index (χ0n) is 4.71. The van der Waals surface area contributed by atoms with E-state index in [2.05, 4.69) is 22.6 Å². The lowest BCUT2D eigenvalue weighted by Gasteiger charge is -2.10. The predicted octanol–water partition coefficient (Wildman–Crippen LogP) is 0.0893. The van der Waals surface area contributed by atoms with E-state index < -0.39 is 7.75 Å². The predicted molar refractivity (Wildman–Crippen MR) is 36.2 cm³/mol. The summed E-state index contributed by atoms with van der Waals surface area (Å²) in [5.41, 5.74) is 0. The second-order valence-corrected chi connectivity index (χ2v) is 3.59. The first-order valence-corrected chi connectivity index (χ1v) is 4.25. The van der Waals surface area contributed by atoms with Crippen LogP contribution in [0.4, 0.5) is 0 Å². The number of nitrogens with zero attached hydrogens (tertiary/aromatic N) is 3. The van der Waals surface area contributed by atoms with Crippen molar-refractivity contribution in [3.05, 3.63) is 0 Å². The van der Waals surface area contributed by atoms with Gasteiger partial charge in [-0.25, -0.2) is 4.57 Å². The summed E-state index contributed by atoms with van der Waals surface area (Å²) in [7, 11) is -4.27. The number of rotatable bonds is 1. The van der Waals surface area contributed by atoms with Crippen molar-refractivity contribution >= 4 is 25.0 Å². The fourth-order valence-corrected chi connectivity index (χ4v) is 1.15. The summed E-state index contributed by atoms with van der Waals surface area (Å²) in [6, 6.07) is 0. The van der Waals surface area contributed by atoms with E-state index in [4.69, 9.17) is 9.79 Å². The third-order valence-corrected chi connectivity index (χ3v) is 1.87. The summed E-state index contributed by atoms with van der Waals surface area (Å²) in [5.74, 6) is 0. The fraction of sp³-hybridized carbons (Fsp3) is 0.500. The van der Waals surface area contributed by atoms with Crippen molar-refractivity contribution in [3.63, 3.8) is 0 Å². The van der Waals surface area contributed by atoms with Gasteiger partial charge in [-0.15, -0.1) is 5.11 Å². The molecule has 10 heavy (non-hydrogen) atoms. The van der Waals surface area contributed by atoms with Crippen molar-refractivity contribution in [3.8, 4) is 0 Å². The van der Waals surface area contributed by atoms with E-state index in [1.807, 2.05) is 0 Å². The highest BCUT2D eigenvalue weighted by Crippen LogP contribution is 2.41. The van der Waals surface area contributed by atoms with Crippen molar-refractivity contribution in [1.29, 1.82) is 0 Å². The van der Waals surface area contributed by atoms with Gasteiger partial charge < -0.3 is 9.79 Å². The summed E-state index contributed by atoms with van der Waals surface area (Å²) in [5, 5.41) is 6.42. The maximum absolute atomic E-state index is 10.4. The highest BCUT2D eigenvalue weighted by Gasteiger charge is 2.28. The maximum Gasteiger partial charge on any atom is 0.447 e. The Hall–Kier alpha value is -0.360. The van der Waals surface area contributed by atoms with Gasteiger partial charge in [0.2, 0.25) is 0 Å². The molecule has 56 valence electrons. The van der Waals surface area contributed by atoms with Crippen LogP contribution in [-0.2, 0) is 4.57 Å². The first-order chi connectivity index (χ1) is 4.50. The van der Waals surface area contributed by atoms with E-state index in [0.29, 0.717) is 4.78 Å². The van der Waals surface area contributed by atoms with Crippen molar-refractivity contribution in [1.82, 2.24) is 4.78 Å². The summed E-state index contributed by atoms with van der Waals surface area (Å²) in [6.07, 6.45) is 0. The molecule has 0 atom stereocenters. The minimum absolute atomic E-state index is 0.0698. The summed E-state index contributed by atoms with van der Waals surface area (Å²) in [4.78, 5) is 17.1. The van der Waals surface area contributed by atoms with Crippen molar-refractivity contribution in [2.24, 2.45) is 10.3 Å². The van der Waals surface area contributed by atoms with Crippen molar-refractivity contribution in [2.45, 2.75) is 0 Å². The van der Waals surface area contributed by atoms with Gasteiger partial charge in [-0.2, -0.15) is 4.78 Å². The van der Waals surface area contributed by atoms with E-state index in [1.165, 1.54) is 0 Å². The Balaban J connectivity index is 2.73. The van der Waals surface area contributed by atoms with Gasteiger partial charge in [-0.05, 0) is 0 Å². The van der Waals surface area contributed by atoms with E-state index in [1.54, 1.807) is 0 Å². The molecule has 6 nitrogen and oxygen atoms in total. The van der Waals surface area contributed by atoms with Crippen LogP contribution in [0.3, 0.4) is 0 Å². The summed E-state index contributed by atoms with van der Waals surface area (Å²) < 4.78 is 10.9. The van der Waals surface area contributed by atoms with Gasteiger partial charge in [0.25, 0.3) is 0 Å². The Morgan fingerprint density at radius 3 is 2.50 bits per heavy atom. The first kappa shape index (κ1) is 7.74. The Morgan fingerprint density at radius 1 is 1.70 bits per heavy atom. The van der Waals surface area contributed by atoms with Crippen LogP contribution in [0.15, 0.2) is 10.3 Å². The second-order valence-electron chi connectivity index (χ2n) is 1.63. The van der Waals surface area contributed by atoms with Crippen LogP contribution in [0.2, 0.25) is 0 Å². The van der Waals surface area contributed by atoms with Crippen LogP contribution in [-0.4, -0.2) is 26.1 Å². The molecule has 0 amide bonds. The highest BCUT2D eigenvalue weighted by molar-refractivity contribution is 7.80. The molecule has 1 rings (SSSR count). The van der Waals surface area contributed by atoms with Crippen LogP contribution in [0.25, 0.3) is 0 Å². The topological polar surface area (TPSA) is 85.5 Å². The number of hydrogen-bond donors (Lipinski definition) is 2. The minimum atomic E-state index is -4.27. The average Bonchev–Trinajstić information content (AvgIpc) is 2.11. The molecule has 2 N–H and O–H groups in total. The largest absolute Gasteiger partial charge is 0.447 e. The summed E-state index contributed by atoms with van der Waals surface area (Å²) >= 11 is 4.52. The molecule has 0 saturated carbocycles. The zero-order chi connectivity index (χ0) is 7.78. The molecular weight excluding hydrogens is 177 g/mol. The van der Waals surface area contributed by atoms with E-state index >= 15 is 0 Å². The smallest absolute Gasteiger partial charge is 0.307 e. The third-order valence-electron chi connectivity index (χ3n) is 0.837. The lowest BCUT2D eigenvalue weighted by molar-refractivity contribution is 0.290. The summed E-state index contributed by atoms with van der Waals surface area (Å²) in [6.45, 7) is -0.0698. The van der Waals surface area contributed by atoms with Gasteiger partial charge in [-0.1, -0.05) is 17.4 Å². The van der Waals surface area contributed by atoms with E-state index in [9.17, 15) is 4.57 Å². The Morgan fingerprint density at radius 2 is 2.30 bits per heavy atom. The molecule has 1 aliphatic rings. The Labute approximate surface area is 61.7 Å². The molecule has 0 unspecified atom stereocenters. The lowest BCUT2D eigenvalue weighted by atomic mass is 10.7. The monoisotopic (exact) mass is 181 g/mol. The third kappa shape index (κ3) is 1.57. The molecule has 0 aromatic carbocycles. The lowest BCUT2D eigenvalue weighted by Crippen LogP contribution is -2.13. The molecule has 1 aliphatic heterocycles. The standard InChI is InChI=1S/C2H4N3O3PS/c6-9(7,8)5-1-2(10)3-4-5/h1H2,(H2,6,7,8). The molecule has 1 heterocycles. The molecule has 0 saturated heterocycles. The SMILES string of the molecule is O=P(O)(O)N1CC(=S)N=N1. The van der Waals surface area contributed by atoms with Gasteiger partial charge in [0, 0.05) is 0 Å². The second kappa shape index (κ2) is 2.35. The first-order valence-electron chi connectivity index (χ1n) is 2.28. The molecule has 0 aromatic rings. The molecule has 0 radical (unpaired) electrons. The molecule has 8 heteroatoms. The molecule has 0 aliphatic carbocycles. The highest BCUT2D eigenvalue weighted by atomic mass is 32.1. The van der Waals surface area contributed by atoms with Gasteiger partial charge >= 0.3 is 7.75 Å². The molecule has 0 bridgehead atoms. The number of hydrogen-bond acceptors (Lipinski definition) is 3. The van der Waals surface area contributed by atoms with Crippen molar-refractivity contribution < 1.29 is 14.4 Å². The molecular formula is C2H4N3O3PS. The van der Waals surface area contributed by atoms with Crippen LogP contribution in [0.5, 0.6) is 0 Å². The van der Waals surface area contributed by atoms with E-state index in [0.717, 1.165) is 0 Å². The van der Waals surface area contributed by atoms with Gasteiger partial charge in [0.05, 0.1) is 0 Å². The van der Waals surface area contributed by atoms with Crippen LogP contribution in [0.1, 0.15) is 0 Å². The molecule has 0 fully saturated rings. The number of thiocarbonyl (C=S) groups is 1. The van der Waals surface area contributed by atoms with Gasteiger partial charge in [0.15, 0.2) is 0 Å². The van der Waals surface area contributed by atoms with Crippen LogP contribution in [0, 0.1) is 0 Å². The van der Waals surface area contributed by atoms with Crippen molar-refractivity contribution in [2.75, 3.05) is 6.54 Å². The van der Waals surface area contributed by atoms with Crippen LogP contribution >= 0.6 is 20.0 Å². The Kier molecular flexibility index (Phi) is 1.82. The van der Waals surface area contributed by atoms with Gasteiger partial charge in [-0.3, -0.25) is 0 Å². The maximum atomic E-state index is 10.4. The molecule has 0 spiro atoms. The Bertz CT molecular complexity index is 234. The van der Waals surface area contributed by atoms with Crippen LogP contribution < -0.4 is 0 Å². The molecule has 0 aromatic heterocycles. The quantitative estimate of drug-likeness (QED) is 0.442. The van der Waals surface area contributed by atoms with Gasteiger partial charge in [0.1, 0.15) is 11.5 Å². The zero-order valence-corrected chi connectivity index (χ0v) is 6.42. The van der Waals surface area contributed by atoms with E-state index in [-0.39, 0.29) is 11.5 Å². The normalized spacial score (nSPS) is 18.6.